The van der Waals surface area contributed by atoms with Crippen LogP contribution in [0.15, 0.2) is 66.7 Å². The molecule has 28 heavy (non-hydrogen) atoms. The minimum absolute atomic E-state index is 0.157. The summed E-state index contributed by atoms with van der Waals surface area (Å²) in [5.41, 5.74) is 4.13. The minimum atomic E-state index is -0.705. The number of halogens is 1. The van der Waals surface area contributed by atoms with Crippen LogP contribution in [0.2, 0.25) is 5.02 Å². The lowest BCUT2D eigenvalue weighted by Crippen LogP contribution is -2.19. The zero-order chi connectivity index (χ0) is 20.1. The molecule has 0 aliphatic heterocycles. The second-order valence-electron chi connectivity index (χ2n) is 5.87. The van der Waals surface area contributed by atoms with E-state index in [1.807, 2.05) is 36.4 Å². The van der Waals surface area contributed by atoms with E-state index in [0.717, 1.165) is 11.1 Å². The summed E-state index contributed by atoms with van der Waals surface area (Å²) in [5.74, 6) is -0.798. The van der Waals surface area contributed by atoms with E-state index in [4.69, 9.17) is 21.5 Å². The first-order chi connectivity index (χ1) is 13.5. The molecule has 2 amide bonds. The lowest BCUT2D eigenvalue weighted by molar-refractivity contribution is 0.0706. The van der Waals surface area contributed by atoms with E-state index in [0.29, 0.717) is 10.8 Å². The minimum Gasteiger partial charge on any atom is -0.495 e. The molecule has 0 aliphatic rings. The molecule has 3 N–H and O–H groups in total. The lowest BCUT2D eigenvalue weighted by Gasteiger charge is -2.13. The molecular formula is C21H17ClN2O4. The van der Waals surface area contributed by atoms with Crippen molar-refractivity contribution in [1.29, 1.82) is 0 Å². The summed E-state index contributed by atoms with van der Waals surface area (Å²) >= 11 is 6.33. The van der Waals surface area contributed by atoms with Crippen LogP contribution in [0.3, 0.4) is 0 Å². The summed E-state index contributed by atoms with van der Waals surface area (Å²) in [5, 5.41) is 11.8. The number of hydroxylamine groups is 1. The molecule has 0 unspecified atom stereocenters. The Morgan fingerprint density at radius 2 is 1.68 bits per heavy atom. The molecule has 0 spiro atoms. The number of amides is 2. The van der Waals surface area contributed by atoms with Gasteiger partial charge in [0.2, 0.25) is 0 Å². The summed E-state index contributed by atoms with van der Waals surface area (Å²) in [4.78, 5) is 24.3. The molecule has 3 rings (SSSR count). The molecule has 0 aromatic heterocycles. The number of rotatable bonds is 5. The van der Waals surface area contributed by atoms with E-state index < -0.39 is 11.8 Å². The number of carbonyl (C=O) groups is 2. The second kappa shape index (κ2) is 8.56. The monoisotopic (exact) mass is 396 g/mol. The number of hydrogen-bond acceptors (Lipinski definition) is 4. The summed E-state index contributed by atoms with van der Waals surface area (Å²) in [7, 11) is 1.44. The Balaban J connectivity index is 1.88. The van der Waals surface area contributed by atoms with Gasteiger partial charge in [0, 0.05) is 5.56 Å². The predicted octanol–water partition coefficient (Wildman–Crippen LogP) is 4.39. The molecule has 0 atom stereocenters. The number of methoxy groups -OCH3 is 1. The number of anilines is 1. The first-order valence-electron chi connectivity index (χ1n) is 8.32. The molecule has 0 fully saturated rings. The van der Waals surface area contributed by atoms with Crippen LogP contribution in [0.5, 0.6) is 5.75 Å². The van der Waals surface area contributed by atoms with Gasteiger partial charge in [-0.2, -0.15) is 0 Å². The van der Waals surface area contributed by atoms with Gasteiger partial charge in [-0.3, -0.25) is 14.8 Å². The lowest BCUT2D eigenvalue weighted by atomic mass is 10.0. The maximum atomic E-state index is 12.7. The van der Waals surface area contributed by atoms with Gasteiger partial charge in [-0.1, -0.05) is 48.0 Å². The molecule has 0 radical (unpaired) electrons. The van der Waals surface area contributed by atoms with Gasteiger partial charge in [-0.25, -0.2) is 5.48 Å². The first kappa shape index (κ1) is 19.4. The van der Waals surface area contributed by atoms with E-state index in [9.17, 15) is 9.59 Å². The molecule has 3 aromatic carbocycles. The van der Waals surface area contributed by atoms with Gasteiger partial charge in [0.25, 0.3) is 11.8 Å². The quantitative estimate of drug-likeness (QED) is 0.441. The average Bonchev–Trinajstić information content (AvgIpc) is 2.73. The molecule has 6 nitrogen and oxygen atoms in total. The van der Waals surface area contributed by atoms with E-state index in [-0.39, 0.29) is 16.8 Å². The van der Waals surface area contributed by atoms with Crippen molar-refractivity contribution < 1.29 is 19.5 Å². The largest absolute Gasteiger partial charge is 0.495 e. The van der Waals surface area contributed by atoms with E-state index in [1.165, 1.54) is 25.3 Å². The van der Waals surface area contributed by atoms with Gasteiger partial charge in [0.15, 0.2) is 0 Å². The van der Waals surface area contributed by atoms with Crippen molar-refractivity contribution in [2.75, 3.05) is 12.4 Å². The Labute approximate surface area is 166 Å². The van der Waals surface area contributed by atoms with Gasteiger partial charge in [-0.15, -0.1) is 0 Å². The summed E-state index contributed by atoms with van der Waals surface area (Å²) in [6.07, 6.45) is 0. The number of nitrogens with one attached hydrogen (secondary N) is 2. The Morgan fingerprint density at radius 1 is 0.929 bits per heavy atom. The topological polar surface area (TPSA) is 87.7 Å². The molecule has 3 aromatic rings. The van der Waals surface area contributed by atoms with Gasteiger partial charge < -0.3 is 10.1 Å². The number of ether oxygens (including phenoxy) is 1. The van der Waals surface area contributed by atoms with Crippen molar-refractivity contribution in [2.45, 2.75) is 0 Å². The second-order valence-corrected chi connectivity index (χ2v) is 6.28. The maximum Gasteiger partial charge on any atom is 0.274 e. The normalized spacial score (nSPS) is 10.2. The third-order valence-electron chi connectivity index (χ3n) is 4.13. The number of carbonyl (C=O) groups excluding carboxylic acids is 2. The highest BCUT2D eigenvalue weighted by atomic mass is 35.5. The Hall–Kier alpha value is -3.35. The molecule has 7 heteroatoms. The molecule has 0 aliphatic carbocycles. The van der Waals surface area contributed by atoms with Crippen LogP contribution in [0.25, 0.3) is 11.1 Å². The van der Waals surface area contributed by atoms with Gasteiger partial charge in [0.05, 0.1) is 23.4 Å². The third-order valence-corrected chi connectivity index (χ3v) is 4.44. The molecule has 142 valence electrons. The highest BCUT2D eigenvalue weighted by Gasteiger charge is 2.16. The number of hydrogen-bond donors (Lipinski definition) is 3. The van der Waals surface area contributed by atoms with Gasteiger partial charge in [-0.05, 0) is 41.5 Å². The van der Waals surface area contributed by atoms with E-state index in [1.54, 1.807) is 17.6 Å². The third kappa shape index (κ3) is 4.14. The molecule has 0 saturated carbocycles. The SMILES string of the molecule is COc1ccc(C(=O)NO)cc1NC(=O)c1ccc(-c2ccccc2)cc1Cl. The van der Waals surface area contributed by atoms with Crippen LogP contribution < -0.4 is 15.5 Å². The van der Waals surface area contributed by atoms with Crippen LogP contribution in [0.1, 0.15) is 20.7 Å². The number of benzene rings is 3. The average molecular weight is 397 g/mol. The predicted molar refractivity (Wildman–Crippen MR) is 107 cm³/mol. The van der Waals surface area contributed by atoms with Crippen molar-refractivity contribution in [3.05, 3.63) is 82.9 Å². The molecule has 0 saturated heterocycles. The van der Waals surface area contributed by atoms with Crippen LogP contribution in [0, 0.1) is 0 Å². The highest BCUT2D eigenvalue weighted by molar-refractivity contribution is 6.34. The first-order valence-corrected chi connectivity index (χ1v) is 8.70. The van der Waals surface area contributed by atoms with Crippen LogP contribution >= 0.6 is 11.6 Å². The fourth-order valence-corrected chi connectivity index (χ4v) is 2.98. The Morgan fingerprint density at radius 3 is 2.32 bits per heavy atom. The van der Waals surface area contributed by atoms with E-state index in [2.05, 4.69) is 5.32 Å². The fourth-order valence-electron chi connectivity index (χ4n) is 2.71. The van der Waals surface area contributed by atoms with Crippen molar-refractivity contribution in [2.24, 2.45) is 0 Å². The van der Waals surface area contributed by atoms with Crippen molar-refractivity contribution in [1.82, 2.24) is 5.48 Å². The van der Waals surface area contributed by atoms with Crippen LogP contribution in [-0.2, 0) is 0 Å². The molecular weight excluding hydrogens is 380 g/mol. The fraction of sp³-hybridized carbons (Fsp3) is 0.0476. The summed E-state index contributed by atoms with van der Waals surface area (Å²) in [6.45, 7) is 0. The smallest absolute Gasteiger partial charge is 0.274 e. The zero-order valence-corrected chi connectivity index (χ0v) is 15.7. The van der Waals surface area contributed by atoms with Crippen molar-refractivity contribution in [3.8, 4) is 16.9 Å². The van der Waals surface area contributed by atoms with Crippen molar-refractivity contribution >= 4 is 29.1 Å². The van der Waals surface area contributed by atoms with Crippen LogP contribution in [0.4, 0.5) is 5.69 Å². The Bertz CT molecular complexity index is 1020. The standard InChI is InChI=1S/C21H17ClN2O4/c1-28-19-10-8-15(20(25)24-27)12-18(19)23-21(26)16-9-7-14(11-17(16)22)13-5-3-2-4-6-13/h2-12,27H,1H3,(H,23,26)(H,24,25). The summed E-state index contributed by atoms with van der Waals surface area (Å²) in [6, 6.07) is 19.2. The molecule has 0 bridgehead atoms. The summed E-state index contributed by atoms with van der Waals surface area (Å²) < 4.78 is 5.22. The maximum absolute atomic E-state index is 12.7. The van der Waals surface area contributed by atoms with Crippen LogP contribution in [-0.4, -0.2) is 24.1 Å². The van der Waals surface area contributed by atoms with E-state index >= 15 is 0 Å². The zero-order valence-electron chi connectivity index (χ0n) is 14.9. The van der Waals surface area contributed by atoms with Crippen molar-refractivity contribution in [3.63, 3.8) is 0 Å². The Kier molecular flexibility index (Phi) is 5.93. The highest BCUT2D eigenvalue weighted by Crippen LogP contribution is 2.29. The van der Waals surface area contributed by atoms with Gasteiger partial charge >= 0.3 is 0 Å². The van der Waals surface area contributed by atoms with Gasteiger partial charge in [0.1, 0.15) is 5.75 Å². The molecule has 0 heterocycles.